The van der Waals surface area contributed by atoms with Crippen molar-refractivity contribution < 1.29 is 18.7 Å². The highest BCUT2D eigenvalue weighted by atomic mass is 35.5. The van der Waals surface area contributed by atoms with Crippen LogP contribution in [0.2, 0.25) is 5.02 Å². The first-order valence-electron chi connectivity index (χ1n) is 12.5. The number of amides is 1. The Morgan fingerprint density at radius 1 is 1.16 bits per heavy atom. The molecule has 1 N–H and O–H groups in total. The molecule has 2 aromatic carbocycles. The van der Waals surface area contributed by atoms with Gasteiger partial charge >= 0.3 is 0 Å². The van der Waals surface area contributed by atoms with Crippen molar-refractivity contribution >= 4 is 39.9 Å². The van der Waals surface area contributed by atoms with Crippen molar-refractivity contribution in [3.05, 3.63) is 47.5 Å². The van der Waals surface area contributed by atoms with Gasteiger partial charge in [-0.25, -0.2) is 14.4 Å². The standard InChI is InChI=1S/C27H31ClFN5O3/c1-33-16-27(15-25(33)35)6-9-34(10-7-27)8-3-11-37-24-13-19-21(14-23(24)36-2)30-17-31-26(19)32-22-12-18(28)4-5-20(22)29/h4-5,12-14,17H,3,6-11,15-16H2,1-2H3,(H,30,31,32). The lowest BCUT2D eigenvalue weighted by atomic mass is 9.77. The molecule has 10 heteroatoms. The number of benzene rings is 2. The summed E-state index contributed by atoms with van der Waals surface area (Å²) in [5.74, 6) is 1.42. The Balaban J connectivity index is 1.22. The largest absolute Gasteiger partial charge is 0.493 e. The number of nitrogens with zero attached hydrogens (tertiary/aromatic N) is 4. The van der Waals surface area contributed by atoms with Crippen LogP contribution in [0.3, 0.4) is 0 Å². The van der Waals surface area contributed by atoms with E-state index >= 15 is 0 Å². The maximum Gasteiger partial charge on any atom is 0.222 e. The quantitative estimate of drug-likeness (QED) is 0.418. The van der Waals surface area contributed by atoms with E-state index < -0.39 is 5.82 Å². The number of carbonyl (C=O) groups excluding carboxylic acids is 1. The van der Waals surface area contributed by atoms with Gasteiger partial charge in [-0.05, 0) is 62.0 Å². The maximum atomic E-state index is 14.3. The second-order valence-corrected chi connectivity index (χ2v) is 10.4. The van der Waals surface area contributed by atoms with Crippen molar-refractivity contribution in [1.29, 1.82) is 0 Å². The first-order chi connectivity index (χ1) is 17.9. The Morgan fingerprint density at radius 2 is 1.97 bits per heavy atom. The number of fused-ring (bicyclic) bond motifs is 1. The number of piperidine rings is 1. The van der Waals surface area contributed by atoms with Gasteiger partial charge in [-0.3, -0.25) is 4.79 Å². The highest BCUT2D eigenvalue weighted by Crippen LogP contribution is 2.40. The number of carbonyl (C=O) groups is 1. The van der Waals surface area contributed by atoms with Gasteiger partial charge in [0.25, 0.3) is 0 Å². The first-order valence-corrected chi connectivity index (χ1v) is 12.9. The van der Waals surface area contributed by atoms with Crippen LogP contribution in [-0.2, 0) is 4.79 Å². The van der Waals surface area contributed by atoms with Crippen molar-refractivity contribution in [2.45, 2.75) is 25.7 Å². The number of halogens is 2. The first kappa shape index (κ1) is 25.5. The zero-order valence-corrected chi connectivity index (χ0v) is 21.9. The van der Waals surface area contributed by atoms with Gasteiger partial charge in [0.05, 0.1) is 24.9 Å². The lowest BCUT2D eigenvalue weighted by Crippen LogP contribution is -2.41. The molecule has 0 atom stereocenters. The summed E-state index contributed by atoms with van der Waals surface area (Å²) in [6, 6.07) is 7.91. The Labute approximate surface area is 220 Å². The molecule has 8 nitrogen and oxygen atoms in total. The SMILES string of the molecule is COc1cc2ncnc(Nc3cc(Cl)ccc3F)c2cc1OCCCN1CCC2(CC1)CC(=O)N(C)C2. The summed E-state index contributed by atoms with van der Waals surface area (Å²) in [6.45, 7) is 4.35. The van der Waals surface area contributed by atoms with Crippen LogP contribution >= 0.6 is 11.6 Å². The topological polar surface area (TPSA) is 79.8 Å². The van der Waals surface area contributed by atoms with Crippen LogP contribution in [0.4, 0.5) is 15.9 Å². The van der Waals surface area contributed by atoms with Crippen LogP contribution in [0.25, 0.3) is 10.9 Å². The van der Waals surface area contributed by atoms with Gasteiger partial charge < -0.3 is 24.6 Å². The minimum Gasteiger partial charge on any atom is -0.493 e. The number of hydrogen-bond donors (Lipinski definition) is 1. The van der Waals surface area contributed by atoms with Gasteiger partial charge in [0.1, 0.15) is 18.0 Å². The molecule has 3 heterocycles. The van der Waals surface area contributed by atoms with E-state index in [1.165, 1.54) is 24.5 Å². The smallest absolute Gasteiger partial charge is 0.222 e. The van der Waals surface area contributed by atoms with Crippen LogP contribution in [0.1, 0.15) is 25.7 Å². The number of likely N-dealkylation sites (tertiary alicyclic amines) is 2. The summed E-state index contributed by atoms with van der Waals surface area (Å²) in [5, 5.41) is 4.11. The summed E-state index contributed by atoms with van der Waals surface area (Å²) < 4.78 is 26.0. The van der Waals surface area contributed by atoms with Crippen molar-refractivity contribution in [2.75, 3.05) is 52.3 Å². The fraction of sp³-hybridized carbons (Fsp3) is 0.444. The lowest BCUT2D eigenvalue weighted by Gasteiger charge is -2.38. The molecule has 37 heavy (non-hydrogen) atoms. The summed E-state index contributed by atoms with van der Waals surface area (Å²) in [6.07, 6.45) is 5.08. The number of hydrogen-bond acceptors (Lipinski definition) is 7. The van der Waals surface area contributed by atoms with Gasteiger partial charge in [0.2, 0.25) is 5.91 Å². The molecule has 2 aliphatic rings. The molecule has 2 saturated heterocycles. The predicted octanol–water partition coefficient (Wildman–Crippen LogP) is 4.89. The number of aromatic nitrogens is 2. The molecule has 1 aromatic heterocycles. The van der Waals surface area contributed by atoms with E-state index in [0.717, 1.165) is 45.4 Å². The van der Waals surface area contributed by atoms with E-state index in [1.54, 1.807) is 13.2 Å². The third kappa shape index (κ3) is 5.57. The molecular weight excluding hydrogens is 497 g/mol. The zero-order valence-electron chi connectivity index (χ0n) is 21.1. The highest BCUT2D eigenvalue weighted by Gasteiger charge is 2.43. The molecule has 2 aliphatic heterocycles. The fourth-order valence-corrected chi connectivity index (χ4v) is 5.49. The molecule has 1 amide bonds. The number of ether oxygens (including phenoxy) is 2. The number of rotatable bonds is 8. The molecule has 0 saturated carbocycles. The number of nitrogens with one attached hydrogen (secondary N) is 1. The maximum absolute atomic E-state index is 14.3. The van der Waals surface area contributed by atoms with Gasteiger partial charge in [-0.15, -0.1) is 0 Å². The third-order valence-corrected chi connectivity index (χ3v) is 7.65. The van der Waals surface area contributed by atoms with Crippen LogP contribution in [0.5, 0.6) is 11.5 Å². The van der Waals surface area contributed by atoms with Crippen molar-refractivity contribution in [1.82, 2.24) is 19.8 Å². The summed E-state index contributed by atoms with van der Waals surface area (Å²) in [5.41, 5.74) is 1.03. The molecule has 5 rings (SSSR count). The average molecular weight is 528 g/mol. The molecule has 1 spiro atoms. The Morgan fingerprint density at radius 3 is 2.70 bits per heavy atom. The fourth-order valence-electron chi connectivity index (χ4n) is 5.32. The molecule has 0 aliphatic carbocycles. The molecular formula is C27H31ClFN5O3. The normalized spacial score (nSPS) is 17.5. The summed E-state index contributed by atoms with van der Waals surface area (Å²) in [7, 11) is 3.49. The van der Waals surface area contributed by atoms with Crippen LogP contribution in [0.15, 0.2) is 36.7 Å². The summed E-state index contributed by atoms with van der Waals surface area (Å²) in [4.78, 5) is 25.0. The Hall–Kier alpha value is -3.17. The van der Waals surface area contributed by atoms with E-state index in [0.29, 0.717) is 46.3 Å². The van der Waals surface area contributed by atoms with Crippen molar-refractivity contribution in [3.8, 4) is 11.5 Å². The third-order valence-electron chi connectivity index (χ3n) is 7.42. The van der Waals surface area contributed by atoms with Crippen molar-refractivity contribution in [2.24, 2.45) is 5.41 Å². The minimum atomic E-state index is -0.434. The Bertz CT molecular complexity index is 1300. The van der Waals surface area contributed by atoms with E-state index in [2.05, 4.69) is 20.2 Å². The van der Waals surface area contributed by atoms with E-state index in [1.807, 2.05) is 18.0 Å². The van der Waals surface area contributed by atoms with E-state index in [4.69, 9.17) is 21.1 Å². The van der Waals surface area contributed by atoms with Crippen LogP contribution < -0.4 is 14.8 Å². The molecule has 0 unspecified atom stereocenters. The van der Waals surface area contributed by atoms with E-state index in [-0.39, 0.29) is 17.0 Å². The molecule has 0 radical (unpaired) electrons. The second-order valence-electron chi connectivity index (χ2n) is 9.96. The zero-order chi connectivity index (χ0) is 26.0. The number of methoxy groups -OCH3 is 1. The monoisotopic (exact) mass is 527 g/mol. The molecule has 0 bridgehead atoms. The van der Waals surface area contributed by atoms with Gasteiger partial charge in [-0.1, -0.05) is 11.6 Å². The highest BCUT2D eigenvalue weighted by molar-refractivity contribution is 6.30. The van der Waals surface area contributed by atoms with Gasteiger partial charge in [-0.2, -0.15) is 0 Å². The molecule has 196 valence electrons. The van der Waals surface area contributed by atoms with Crippen LogP contribution in [-0.4, -0.2) is 72.6 Å². The van der Waals surface area contributed by atoms with Crippen LogP contribution in [0, 0.1) is 11.2 Å². The number of anilines is 2. The second kappa shape index (κ2) is 10.7. The van der Waals surface area contributed by atoms with E-state index in [9.17, 15) is 9.18 Å². The van der Waals surface area contributed by atoms with Gasteiger partial charge in [0, 0.05) is 43.0 Å². The molecule has 3 aromatic rings. The summed E-state index contributed by atoms with van der Waals surface area (Å²) >= 11 is 6.04. The van der Waals surface area contributed by atoms with Crippen molar-refractivity contribution in [3.63, 3.8) is 0 Å². The Kier molecular flexibility index (Phi) is 7.35. The minimum absolute atomic E-state index is 0.166. The average Bonchev–Trinajstić information content (AvgIpc) is 3.17. The predicted molar refractivity (Wildman–Crippen MR) is 141 cm³/mol. The lowest BCUT2D eigenvalue weighted by molar-refractivity contribution is -0.126. The van der Waals surface area contributed by atoms with Gasteiger partial charge in [0.15, 0.2) is 11.5 Å². The molecule has 2 fully saturated rings.